The average Bonchev–Trinajstić information content (AvgIpc) is 3.15. The third-order valence-electron chi connectivity index (χ3n) is 4.73. The minimum atomic E-state index is -0.465. The third-order valence-corrected chi connectivity index (χ3v) is 5.95. The monoisotopic (exact) mass is 422 g/mol. The maximum Gasteiger partial charge on any atom is 0.255 e. The molecule has 0 aliphatic carbocycles. The molecule has 0 spiro atoms. The molecule has 1 saturated heterocycles. The van der Waals surface area contributed by atoms with Gasteiger partial charge in [0.05, 0.1) is 12.9 Å². The van der Waals surface area contributed by atoms with E-state index in [-0.39, 0.29) is 16.8 Å². The molecule has 1 N–H and O–H groups in total. The Bertz CT molecular complexity index is 1090. The largest absolute Gasteiger partial charge is 0.497 e. The molecule has 4 rings (SSSR count). The zero-order chi connectivity index (χ0) is 21.1. The minimum absolute atomic E-state index is 0.0179. The maximum atomic E-state index is 13.4. The lowest BCUT2D eigenvalue weighted by Crippen LogP contribution is -2.27. The van der Waals surface area contributed by atoms with Crippen molar-refractivity contribution >= 4 is 35.0 Å². The molecule has 1 atom stereocenters. The van der Waals surface area contributed by atoms with Crippen molar-refractivity contribution < 1.29 is 18.7 Å². The molecule has 2 amide bonds. The van der Waals surface area contributed by atoms with Crippen LogP contribution in [0.2, 0.25) is 0 Å². The number of nitrogens with one attached hydrogen (secondary N) is 1. The smallest absolute Gasteiger partial charge is 0.255 e. The molecule has 0 aromatic heterocycles. The van der Waals surface area contributed by atoms with E-state index in [9.17, 15) is 14.0 Å². The average molecular weight is 422 g/mol. The highest BCUT2D eigenvalue weighted by Crippen LogP contribution is 2.42. The zero-order valence-corrected chi connectivity index (χ0v) is 17.0. The number of carbonyl (C=O) groups excluding carboxylic acids is 2. The van der Waals surface area contributed by atoms with E-state index in [1.165, 1.54) is 30.0 Å². The van der Waals surface area contributed by atoms with Crippen LogP contribution in [0.3, 0.4) is 0 Å². The number of ether oxygens (including phenoxy) is 1. The van der Waals surface area contributed by atoms with Crippen LogP contribution in [0.4, 0.5) is 15.8 Å². The highest BCUT2D eigenvalue weighted by atomic mass is 32.2. The molecule has 152 valence electrons. The molecule has 30 heavy (non-hydrogen) atoms. The van der Waals surface area contributed by atoms with Gasteiger partial charge < -0.3 is 10.1 Å². The first kappa shape index (κ1) is 20.0. The molecule has 7 heteroatoms. The number of hydrogen-bond donors (Lipinski definition) is 1. The van der Waals surface area contributed by atoms with Crippen LogP contribution in [0.5, 0.6) is 5.75 Å². The summed E-state index contributed by atoms with van der Waals surface area (Å²) in [5, 5.41) is 2.58. The van der Waals surface area contributed by atoms with E-state index < -0.39 is 11.7 Å². The van der Waals surface area contributed by atoms with Gasteiger partial charge in [0.15, 0.2) is 0 Å². The second-order valence-electron chi connectivity index (χ2n) is 6.72. The number of rotatable bonds is 5. The van der Waals surface area contributed by atoms with Gasteiger partial charge in [-0.1, -0.05) is 18.2 Å². The Balaban J connectivity index is 1.57. The van der Waals surface area contributed by atoms with E-state index in [2.05, 4.69) is 5.32 Å². The lowest BCUT2D eigenvalue weighted by molar-refractivity contribution is -0.115. The Morgan fingerprint density at radius 3 is 2.60 bits per heavy atom. The zero-order valence-electron chi connectivity index (χ0n) is 16.2. The predicted molar refractivity (Wildman–Crippen MR) is 116 cm³/mol. The topological polar surface area (TPSA) is 58.6 Å². The van der Waals surface area contributed by atoms with Crippen molar-refractivity contribution in [2.75, 3.05) is 23.1 Å². The van der Waals surface area contributed by atoms with E-state index in [0.717, 1.165) is 17.0 Å². The first-order valence-corrected chi connectivity index (χ1v) is 10.3. The molecular formula is C23H19FN2O3S. The van der Waals surface area contributed by atoms with Crippen LogP contribution in [-0.4, -0.2) is 24.7 Å². The number of halogens is 1. The Labute approximate surface area is 177 Å². The van der Waals surface area contributed by atoms with Crippen molar-refractivity contribution in [3.8, 4) is 5.75 Å². The summed E-state index contributed by atoms with van der Waals surface area (Å²) in [6.45, 7) is 0. The van der Waals surface area contributed by atoms with Gasteiger partial charge in [-0.3, -0.25) is 14.5 Å². The molecule has 0 unspecified atom stereocenters. The normalized spacial score (nSPS) is 15.9. The summed E-state index contributed by atoms with van der Waals surface area (Å²) in [6, 6.07) is 20.2. The summed E-state index contributed by atoms with van der Waals surface area (Å²) >= 11 is 1.53. The summed E-state index contributed by atoms with van der Waals surface area (Å²) in [7, 11) is 1.60. The number of nitrogens with zero attached hydrogens (tertiary/aromatic N) is 1. The van der Waals surface area contributed by atoms with Gasteiger partial charge in [-0.25, -0.2) is 4.39 Å². The molecular weight excluding hydrogens is 403 g/mol. The Morgan fingerprint density at radius 1 is 1.10 bits per heavy atom. The summed E-state index contributed by atoms with van der Waals surface area (Å²) in [5.74, 6) is 0.249. The SMILES string of the molecule is COc1ccc(N2C(=O)CS[C@@H]2c2cccc(NC(=O)c3cccc(F)c3)c2)cc1. The Kier molecular flexibility index (Phi) is 5.72. The highest BCUT2D eigenvalue weighted by molar-refractivity contribution is 8.00. The Hall–Kier alpha value is -3.32. The van der Waals surface area contributed by atoms with Gasteiger partial charge in [0.25, 0.3) is 5.91 Å². The molecule has 1 heterocycles. The summed E-state index contributed by atoms with van der Waals surface area (Å²) < 4.78 is 18.6. The number of methoxy groups -OCH3 is 1. The van der Waals surface area contributed by atoms with Crippen LogP contribution in [0, 0.1) is 5.82 Å². The van der Waals surface area contributed by atoms with Gasteiger partial charge >= 0.3 is 0 Å². The molecule has 3 aromatic rings. The number of thioether (sulfide) groups is 1. The molecule has 1 aliphatic rings. The third kappa shape index (κ3) is 4.16. The molecule has 1 fully saturated rings. The van der Waals surface area contributed by atoms with Crippen LogP contribution >= 0.6 is 11.8 Å². The first-order valence-electron chi connectivity index (χ1n) is 9.30. The van der Waals surface area contributed by atoms with Gasteiger partial charge in [-0.2, -0.15) is 0 Å². The summed E-state index contributed by atoms with van der Waals surface area (Å²) in [5.41, 5.74) is 2.49. The molecule has 5 nitrogen and oxygen atoms in total. The number of hydrogen-bond acceptors (Lipinski definition) is 4. The van der Waals surface area contributed by atoms with E-state index in [4.69, 9.17) is 4.74 Å². The lowest BCUT2D eigenvalue weighted by Gasteiger charge is -2.25. The van der Waals surface area contributed by atoms with E-state index in [1.807, 2.05) is 42.5 Å². The van der Waals surface area contributed by atoms with Gasteiger partial charge in [0.1, 0.15) is 16.9 Å². The van der Waals surface area contributed by atoms with E-state index >= 15 is 0 Å². The molecule has 0 saturated carbocycles. The molecule has 3 aromatic carbocycles. The standard InChI is InChI=1S/C23H19FN2O3S/c1-29-20-10-8-19(9-11-20)26-21(27)14-30-23(26)16-5-3-7-18(13-16)25-22(28)15-4-2-6-17(24)12-15/h2-13,23H,14H2,1H3,(H,25,28)/t23-/m1/s1. The molecule has 0 bridgehead atoms. The summed E-state index contributed by atoms with van der Waals surface area (Å²) in [4.78, 5) is 26.7. The Morgan fingerprint density at radius 2 is 1.87 bits per heavy atom. The second-order valence-corrected chi connectivity index (χ2v) is 7.78. The van der Waals surface area contributed by atoms with Gasteiger partial charge in [-0.15, -0.1) is 11.8 Å². The van der Waals surface area contributed by atoms with Crippen LogP contribution in [-0.2, 0) is 4.79 Å². The van der Waals surface area contributed by atoms with Crippen LogP contribution < -0.4 is 15.0 Å². The number of carbonyl (C=O) groups is 2. The second kappa shape index (κ2) is 8.59. The van der Waals surface area contributed by atoms with Crippen molar-refractivity contribution in [1.29, 1.82) is 0 Å². The molecule has 0 radical (unpaired) electrons. The minimum Gasteiger partial charge on any atom is -0.497 e. The van der Waals surface area contributed by atoms with Crippen molar-refractivity contribution in [3.63, 3.8) is 0 Å². The van der Waals surface area contributed by atoms with E-state index in [0.29, 0.717) is 11.4 Å². The predicted octanol–water partition coefficient (Wildman–Crippen LogP) is 4.87. The molecule has 1 aliphatic heterocycles. The quantitative estimate of drug-likeness (QED) is 0.638. The lowest BCUT2D eigenvalue weighted by atomic mass is 10.1. The number of amides is 2. The number of anilines is 2. The van der Waals surface area contributed by atoms with Crippen molar-refractivity contribution in [2.24, 2.45) is 0 Å². The fraction of sp³-hybridized carbons (Fsp3) is 0.130. The van der Waals surface area contributed by atoms with Crippen LogP contribution in [0.1, 0.15) is 21.3 Å². The maximum absolute atomic E-state index is 13.4. The van der Waals surface area contributed by atoms with E-state index in [1.54, 1.807) is 24.1 Å². The van der Waals surface area contributed by atoms with Crippen molar-refractivity contribution in [1.82, 2.24) is 0 Å². The van der Waals surface area contributed by atoms with Crippen LogP contribution in [0.25, 0.3) is 0 Å². The van der Waals surface area contributed by atoms with Gasteiger partial charge in [0, 0.05) is 16.9 Å². The number of benzene rings is 3. The summed E-state index contributed by atoms with van der Waals surface area (Å²) in [6.07, 6.45) is 0. The van der Waals surface area contributed by atoms with Gasteiger partial charge in [0.2, 0.25) is 5.91 Å². The fourth-order valence-electron chi connectivity index (χ4n) is 3.30. The van der Waals surface area contributed by atoms with Crippen molar-refractivity contribution in [3.05, 3.63) is 89.7 Å². The highest BCUT2D eigenvalue weighted by Gasteiger charge is 2.34. The van der Waals surface area contributed by atoms with Gasteiger partial charge in [-0.05, 0) is 60.2 Å². The fourth-order valence-corrected chi connectivity index (χ4v) is 4.46. The van der Waals surface area contributed by atoms with Crippen molar-refractivity contribution in [2.45, 2.75) is 5.37 Å². The first-order chi connectivity index (χ1) is 14.5. The van der Waals surface area contributed by atoms with Crippen LogP contribution in [0.15, 0.2) is 72.8 Å².